The average Bonchev–Trinajstić information content (AvgIpc) is 2.69. The number of nitro groups is 1. The maximum Gasteiger partial charge on any atom is 0.310 e. The third-order valence-electron chi connectivity index (χ3n) is 4.65. The van der Waals surface area contributed by atoms with Crippen molar-refractivity contribution >= 4 is 11.6 Å². The van der Waals surface area contributed by atoms with E-state index in [1.54, 1.807) is 24.0 Å². The van der Waals surface area contributed by atoms with Gasteiger partial charge in [-0.1, -0.05) is 42.5 Å². The number of rotatable bonds is 6. The van der Waals surface area contributed by atoms with Crippen LogP contribution in [0.1, 0.15) is 12.5 Å². The molecule has 1 heterocycles. The molecule has 0 aromatic heterocycles. The first-order valence-corrected chi connectivity index (χ1v) is 9.00. The normalized spacial score (nSPS) is 16.0. The van der Waals surface area contributed by atoms with Gasteiger partial charge in [-0.15, -0.1) is 0 Å². The lowest BCUT2D eigenvalue weighted by atomic mass is 10.2. The zero-order valence-electron chi connectivity index (χ0n) is 15.3. The highest BCUT2D eigenvalue weighted by Gasteiger charge is 2.27. The Balaban J connectivity index is 1.54. The van der Waals surface area contributed by atoms with E-state index in [1.165, 1.54) is 17.7 Å². The van der Waals surface area contributed by atoms with E-state index in [-0.39, 0.29) is 17.3 Å². The molecule has 1 aliphatic heterocycles. The Hall–Kier alpha value is -2.93. The number of hydrogen-bond acceptors (Lipinski definition) is 5. The third kappa shape index (κ3) is 4.83. The summed E-state index contributed by atoms with van der Waals surface area (Å²) in [5.74, 6) is -0.0291. The van der Waals surface area contributed by atoms with Crippen molar-refractivity contribution in [2.24, 2.45) is 0 Å². The monoisotopic (exact) mass is 369 g/mol. The molecular formula is C20H23N3O4. The summed E-state index contributed by atoms with van der Waals surface area (Å²) < 4.78 is 5.60. The first-order valence-electron chi connectivity index (χ1n) is 9.00. The van der Waals surface area contributed by atoms with E-state index in [9.17, 15) is 14.9 Å². The van der Waals surface area contributed by atoms with Gasteiger partial charge < -0.3 is 9.64 Å². The molecule has 7 nitrogen and oxygen atoms in total. The Bertz CT molecular complexity index is 789. The van der Waals surface area contributed by atoms with E-state index in [0.29, 0.717) is 13.1 Å². The van der Waals surface area contributed by atoms with Gasteiger partial charge >= 0.3 is 5.69 Å². The topological polar surface area (TPSA) is 75.9 Å². The summed E-state index contributed by atoms with van der Waals surface area (Å²) in [6, 6.07) is 16.4. The molecule has 2 aromatic rings. The van der Waals surface area contributed by atoms with E-state index >= 15 is 0 Å². The first kappa shape index (κ1) is 18.8. The Kier molecular flexibility index (Phi) is 6.03. The minimum atomic E-state index is -0.772. The molecule has 142 valence electrons. The van der Waals surface area contributed by atoms with Crippen LogP contribution in [-0.2, 0) is 11.3 Å². The number of carbonyl (C=O) groups excluding carboxylic acids is 1. The van der Waals surface area contributed by atoms with Gasteiger partial charge in [-0.3, -0.25) is 19.8 Å². The molecule has 3 rings (SSSR count). The zero-order valence-corrected chi connectivity index (χ0v) is 15.3. The standard InChI is InChI=1S/C20H23N3O4/c1-16(27-19-10-6-5-9-18(19)23(25)26)20(24)22-13-11-21(12-14-22)15-17-7-3-2-4-8-17/h2-10,16H,11-15H2,1H3/t16-/m0/s1. The molecule has 0 aliphatic carbocycles. The van der Waals surface area contributed by atoms with E-state index < -0.39 is 11.0 Å². The highest BCUT2D eigenvalue weighted by Crippen LogP contribution is 2.27. The fourth-order valence-electron chi connectivity index (χ4n) is 3.17. The third-order valence-corrected chi connectivity index (χ3v) is 4.65. The first-order chi connectivity index (χ1) is 13.0. The molecular weight excluding hydrogens is 346 g/mol. The summed E-state index contributed by atoms with van der Waals surface area (Å²) >= 11 is 0. The second-order valence-electron chi connectivity index (χ2n) is 6.57. The highest BCUT2D eigenvalue weighted by molar-refractivity contribution is 5.81. The molecule has 1 fully saturated rings. The van der Waals surface area contributed by atoms with Crippen LogP contribution in [0.25, 0.3) is 0 Å². The lowest BCUT2D eigenvalue weighted by molar-refractivity contribution is -0.386. The SMILES string of the molecule is C[C@H](Oc1ccccc1[N+](=O)[O-])C(=O)N1CCN(Cc2ccccc2)CC1. The van der Waals surface area contributed by atoms with Crippen LogP contribution >= 0.6 is 0 Å². The summed E-state index contributed by atoms with van der Waals surface area (Å²) in [5.41, 5.74) is 1.12. The number of para-hydroxylation sites is 2. The number of amides is 1. The predicted molar refractivity (Wildman–Crippen MR) is 101 cm³/mol. The summed E-state index contributed by atoms with van der Waals surface area (Å²) in [6.45, 7) is 5.32. The molecule has 1 atom stereocenters. The van der Waals surface area contributed by atoms with Crippen LogP contribution in [0.2, 0.25) is 0 Å². The van der Waals surface area contributed by atoms with Gasteiger partial charge in [-0.25, -0.2) is 0 Å². The lowest BCUT2D eigenvalue weighted by Gasteiger charge is -2.35. The molecule has 0 radical (unpaired) electrons. The molecule has 0 spiro atoms. The summed E-state index contributed by atoms with van der Waals surface area (Å²) in [7, 11) is 0. The molecule has 1 aliphatic rings. The van der Waals surface area contributed by atoms with Crippen LogP contribution in [0.15, 0.2) is 54.6 Å². The van der Waals surface area contributed by atoms with Gasteiger partial charge in [0.2, 0.25) is 0 Å². The number of piperazine rings is 1. The van der Waals surface area contributed by atoms with Crippen molar-refractivity contribution in [2.75, 3.05) is 26.2 Å². The number of ether oxygens (including phenoxy) is 1. The molecule has 2 aromatic carbocycles. The van der Waals surface area contributed by atoms with Crippen LogP contribution in [0, 0.1) is 10.1 Å². The Labute approximate surface area is 158 Å². The number of carbonyl (C=O) groups is 1. The molecule has 7 heteroatoms. The minimum Gasteiger partial charge on any atom is -0.474 e. The fraction of sp³-hybridized carbons (Fsp3) is 0.350. The Morgan fingerprint density at radius 1 is 1.07 bits per heavy atom. The quantitative estimate of drug-likeness (QED) is 0.578. The van der Waals surface area contributed by atoms with Crippen LogP contribution < -0.4 is 4.74 Å². The van der Waals surface area contributed by atoms with E-state index in [1.807, 2.05) is 18.2 Å². The minimum absolute atomic E-state index is 0.117. The van der Waals surface area contributed by atoms with Gasteiger partial charge in [0.05, 0.1) is 4.92 Å². The van der Waals surface area contributed by atoms with Crippen molar-refractivity contribution < 1.29 is 14.5 Å². The summed E-state index contributed by atoms with van der Waals surface area (Å²) in [5, 5.41) is 11.1. The average molecular weight is 369 g/mol. The van der Waals surface area contributed by atoms with Gasteiger partial charge in [-0.05, 0) is 18.6 Å². The maximum atomic E-state index is 12.7. The zero-order chi connectivity index (χ0) is 19.2. The number of nitro benzene ring substituents is 1. The van der Waals surface area contributed by atoms with Gasteiger partial charge in [0, 0.05) is 38.8 Å². The van der Waals surface area contributed by atoms with Crippen molar-refractivity contribution in [3.63, 3.8) is 0 Å². The maximum absolute atomic E-state index is 12.7. The molecule has 1 saturated heterocycles. The summed E-state index contributed by atoms with van der Waals surface area (Å²) in [6.07, 6.45) is -0.772. The Morgan fingerprint density at radius 3 is 2.37 bits per heavy atom. The molecule has 0 saturated carbocycles. The van der Waals surface area contributed by atoms with Crippen LogP contribution in [0.3, 0.4) is 0 Å². The van der Waals surface area contributed by atoms with Crippen molar-refractivity contribution in [3.05, 3.63) is 70.3 Å². The number of benzene rings is 2. The van der Waals surface area contributed by atoms with Crippen molar-refractivity contribution in [1.82, 2.24) is 9.80 Å². The molecule has 0 bridgehead atoms. The van der Waals surface area contributed by atoms with Crippen LogP contribution in [0.4, 0.5) is 5.69 Å². The molecule has 0 unspecified atom stereocenters. The van der Waals surface area contributed by atoms with Gasteiger partial charge in [-0.2, -0.15) is 0 Å². The Morgan fingerprint density at radius 2 is 1.70 bits per heavy atom. The van der Waals surface area contributed by atoms with Gasteiger partial charge in [0.15, 0.2) is 11.9 Å². The second-order valence-corrected chi connectivity index (χ2v) is 6.57. The van der Waals surface area contributed by atoms with Crippen molar-refractivity contribution in [2.45, 2.75) is 19.6 Å². The van der Waals surface area contributed by atoms with E-state index in [4.69, 9.17) is 4.74 Å². The van der Waals surface area contributed by atoms with Crippen molar-refractivity contribution in [3.8, 4) is 5.75 Å². The lowest BCUT2D eigenvalue weighted by Crippen LogP contribution is -2.51. The van der Waals surface area contributed by atoms with Crippen LogP contribution in [0.5, 0.6) is 5.75 Å². The van der Waals surface area contributed by atoms with Crippen molar-refractivity contribution in [1.29, 1.82) is 0 Å². The number of nitrogens with zero attached hydrogens (tertiary/aromatic N) is 3. The molecule has 1 amide bonds. The highest BCUT2D eigenvalue weighted by atomic mass is 16.6. The van der Waals surface area contributed by atoms with Gasteiger partial charge in [0.1, 0.15) is 0 Å². The smallest absolute Gasteiger partial charge is 0.310 e. The van der Waals surface area contributed by atoms with Crippen LogP contribution in [-0.4, -0.2) is 52.9 Å². The molecule has 27 heavy (non-hydrogen) atoms. The van der Waals surface area contributed by atoms with E-state index in [0.717, 1.165) is 19.6 Å². The second kappa shape index (κ2) is 8.64. The fourth-order valence-corrected chi connectivity index (χ4v) is 3.17. The number of hydrogen-bond donors (Lipinski definition) is 0. The van der Waals surface area contributed by atoms with E-state index in [2.05, 4.69) is 17.0 Å². The summed E-state index contributed by atoms with van der Waals surface area (Å²) in [4.78, 5) is 27.3. The predicted octanol–water partition coefficient (Wildman–Crippen LogP) is 2.71. The molecule has 0 N–H and O–H groups in total. The largest absolute Gasteiger partial charge is 0.474 e. The van der Waals surface area contributed by atoms with Gasteiger partial charge in [0.25, 0.3) is 5.91 Å².